The first-order valence-corrected chi connectivity index (χ1v) is 6.85. The molecule has 1 aromatic carbocycles. The minimum Gasteiger partial charge on any atom is -0.399 e. The van der Waals surface area contributed by atoms with Gasteiger partial charge >= 0.3 is 0 Å². The topological polar surface area (TPSA) is 29.3 Å². The van der Waals surface area contributed by atoms with Gasteiger partial charge in [0.2, 0.25) is 0 Å². The van der Waals surface area contributed by atoms with Crippen molar-refractivity contribution >= 4 is 5.69 Å². The summed E-state index contributed by atoms with van der Waals surface area (Å²) in [5.41, 5.74) is 7.27. The van der Waals surface area contributed by atoms with Gasteiger partial charge in [-0.1, -0.05) is 19.9 Å². The monoisotopic (exact) mass is 250 g/mol. The summed E-state index contributed by atoms with van der Waals surface area (Å²) in [5.74, 6) is -0.180. The predicted octanol–water partition coefficient (Wildman–Crippen LogP) is 3.42. The first kappa shape index (κ1) is 13.3. The molecule has 2 nitrogen and oxygen atoms in total. The maximum Gasteiger partial charge on any atom is 0.129 e. The number of halogens is 1. The van der Waals surface area contributed by atoms with Crippen molar-refractivity contribution < 1.29 is 4.39 Å². The number of nitrogens with zero attached hydrogens (tertiary/aromatic N) is 1. The SMILES string of the molecule is CCC1(CC)CCN(Cc2ccc(N)cc2F)C1. The van der Waals surface area contributed by atoms with Crippen molar-refractivity contribution in [2.24, 2.45) is 5.41 Å². The number of hydrogen-bond donors (Lipinski definition) is 1. The zero-order chi connectivity index (χ0) is 13.2. The molecule has 1 saturated heterocycles. The van der Waals surface area contributed by atoms with E-state index < -0.39 is 0 Å². The van der Waals surface area contributed by atoms with Crippen molar-refractivity contribution in [1.29, 1.82) is 0 Å². The highest BCUT2D eigenvalue weighted by atomic mass is 19.1. The number of hydrogen-bond acceptors (Lipinski definition) is 2. The second-order valence-corrected chi connectivity index (χ2v) is 5.52. The minimum absolute atomic E-state index is 0.180. The lowest BCUT2D eigenvalue weighted by atomic mass is 9.82. The van der Waals surface area contributed by atoms with Crippen LogP contribution in [0.25, 0.3) is 0 Å². The number of likely N-dealkylation sites (tertiary alicyclic amines) is 1. The summed E-state index contributed by atoms with van der Waals surface area (Å²) >= 11 is 0. The van der Waals surface area contributed by atoms with Crippen molar-refractivity contribution in [1.82, 2.24) is 4.90 Å². The van der Waals surface area contributed by atoms with E-state index in [2.05, 4.69) is 18.7 Å². The van der Waals surface area contributed by atoms with Crippen LogP contribution in [0.2, 0.25) is 0 Å². The number of benzene rings is 1. The fourth-order valence-corrected chi connectivity index (χ4v) is 2.92. The van der Waals surface area contributed by atoms with Crippen LogP contribution in [0.3, 0.4) is 0 Å². The molecule has 1 aromatic rings. The fourth-order valence-electron chi connectivity index (χ4n) is 2.92. The average molecular weight is 250 g/mol. The van der Waals surface area contributed by atoms with Crippen molar-refractivity contribution in [3.05, 3.63) is 29.6 Å². The zero-order valence-corrected chi connectivity index (χ0v) is 11.4. The Kier molecular flexibility index (Phi) is 3.91. The van der Waals surface area contributed by atoms with Crippen molar-refractivity contribution in [3.8, 4) is 0 Å². The Morgan fingerprint density at radius 2 is 2.06 bits per heavy atom. The summed E-state index contributed by atoms with van der Waals surface area (Å²) in [7, 11) is 0. The summed E-state index contributed by atoms with van der Waals surface area (Å²) in [5, 5.41) is 0. The smallest absolute Gasteiger partial charge is 0.129 e. The zero-order valence-electron chi connectivity index (χ0n) is 11.4. The van der Waals surface area contributed by atoms with Crippen LogP contribution in [0.1, 0.15) is 38.7 Å². The molecule has 1 heterocycles. The molecular formula is C15H23FN2. The van der Waals surface area contributed by atoms with Crippen molar-refractivity contribution in [3.63, 3.8) is 0 Å². The summed E-state index contributed by atoms with van der Waals surface area (Å²) in [6, 6.07) is 5.00. The largest absolute Gasteiger partial charge is 0.399 e. The van der Waals surface area contributed by atoms with Crippen LogP contribution in [0.5, 0.6) is 0 Å². The molecule has 0 spiro atoms. The normalized spacial score (nSPS) is 19.3. The lowest BCUT2D eigenvalue weighted by Crippen LogP contribution is -2.26. The molecule has 2 rings (SSSR count). The Morgan fingerprint density at radius 3 is 2.61 bits per heavy atom. The number of nitrogens with two attached hydrogens (primary N) is 1. The molecule has 0 saturated carbocycles. The number of rotatable bonds is 4. The summed E-state index contributed by atoms with van der Waals surface area (Å²) < 4.78 is 13.8. The molecule has 1 aliphatic heterocycles. The molecule has 100 valence electrons. The maximum absolute atomic E-state index is 13.8. The molecule has 0 bridgehead atoms. The van der Waals surface area contributed by atoms with E-state index in [0.29, 0.717) is 17.6 Å². The summed E-state index contributed by atoms with van der Waals surface area (Å²) in [6.45, 7) is 7.39. The van der Waals surface area contributed by atoms with E-state index in [4.69, 9.17) is 5.73 Å². The predicted molar refractivity (Wildman–Crippen MR) is 73.7 cm³/mol. The molecule has 1 aliphatic rings. The van der Waals surface area contributed by atoms with Gasteiger partial charge in [0.25, 0.3) is 0 Å². The third kappa shape index (κ3) is 2.66. The molecule has 0 unspecified atom stereocenters. The standard InChI is InChI=1S/C15H23FN2/c1-3-15(4-2)7-8-18(11-15)10-12-5-6-13(17)9-14(12)16/h5-6,9H,3-4,7-8,10-11,17H2,1-2H3. The van der Waals surface area contributed by atoms with E-state index in [9.17, 15) is 4.39 Å². The Bertz CT molecular complexity index is 413. The highest BCUT2D eigenvalue weighted by Gasteiger charge is 2.34. The van der Waals surface area contributed by atoms with E-state index in [1.54, 1.807) is 6.07 Å². The van der Waals surface area contributed by atoms with E-state index >= 15 is 0 Å². The van der Waals surface area contributed by atoms with Gasteiger partial charge < -0.3 is 5.73 Å². The minimum atomic E-state index is -0.180. The lowest BCUT2D eigenvalue weighted by Gasteiger charge is -2.26. The second-order valence-electron chi connectivity index (χ2n) is 5.52. The quantitative estimate of drug-likeness (QED) is 0.830. The van der Waals surface area contributed by atoms with Crippen LogP contribution < -0.4 is 5.73 Å². The van der Waals surface area contributed by atoms with Gasteiger partial charge in [0.05, 0.1) is 0 Å². The van der Waals surface area contributed by atoms with Gasteiger partial charge in [-0.05, 0) is 43.4 Å². The molecule has 2 N–H and O–H groups in total. The maximum atomic E-state index is 13.8. The Morgan fingerprint density at radius 1 is 1.33 bits per heavy atom. The van der Waals surface area contributed by atoms with Crippen LogP contribution in [-0.4, -0.2) is 18.0 Å². The first-order valence-electron chi connectivity index (χ1n) is 6.85. The molecule has 1 fully saturated rings. The Labute approximate surface area is 109 Å². The molecule has 18 heavy (non-hydrogen) atoms. The van der Waals surface area contributed by atoms with Crippen LogP contribution in [0.4, 0.5) is 10.1 Å². The van der Waals surface area contributed by atoms with Gasteiger partial charge in [0.1, 0.15) is 5.82 Å². The average Bonchev–Trinajstić information content (AvgIpc) is 2.77. The van der Waals surface area contributed by atoms with E-state index in [1.807, 2.05) is 6.07 Å². The third-order valence-electron chi connectivity index (χ3n) is 4.49. The van der Waals surface area contributed by atoms with Gasteiger partial charge in [-0.2, -0.15) is 0 Å². The molecule has 0 aliphatic carbocycles. The molecule has 0 amide bonds. The van der Waals surface area contributed by atoms with Gasteiger partial charge in [-0.15, -0.1) is 0 Å². The van der Waals surface area contributed by atoms with Crippen LogP contribution in [-0.2, 0) is 6.54 Å². The molecule has 0 aromatic heterocycles. The lowest BCUT2D eigenvalue weighted by molar-refractivity contribution is 0.234. The van der Waals surface area contributed by atoms with Crippen LogP contribution >= 0.6 is 0 Å². The number of anilines is 1. The van der Waals surface area contributed by atoms with Crippen LogP contribution in [0.15, 0.2) is 18.2 Å². The summed E-state index contributed by atoms with van der Waals surface area (Å²) in [4.78, 5) is 2.36. The van der Waals surface area contributed by atoms with Gasteiger partial charge in [-0.3, -0.25) is 4.90 Å². The van der Waals surface area contributed by atoms with Gasteiger partial charge in [-0.25, -0.2) is 4.39 Å². The molecular weight excluding hydrogens is 227 g/mol. The highest BCUT2D eigenvalue weighted by Crippen LogP contribution is 2.37. The molecule has 0 radical (unpaired) electrons. The Hall–Kier alpha value is -1.09. The van der Waals surface area contributed by atoms with E-state index in [1.165, 1.54) is 25.3 Å². The van der Waals surface area contributed by atoms with Crippen LogP contribution in [0, 0.1) is 11.2 Å². The first-order chi connectivity index (χ1) is 8.58. The second kappa shape index (κ2) is 5.27. The molecule has 3 heteroatoms. The van der Waals surface area contributed by atoms with E-state index in [0.717, 1.165) is 18.7 Å². The highest BCUT2D eigenvalue weighted by molar-refractivity contribution is 5.40. The van der Waals surface area contributed by atoms with Gasteiger partial charge in [0.15, 0.2) is 0 Å². The third-order valence-corrected chi connectivity index (χ3v) is 4.49. The Balaban J connectivity index is 2.03. The number of nitrogen functional groups attached to an aromatic ring is 1. The molecule has 0 atom stereocenters. The fraction of sp³-hybridized carbons (Fsp3) is 0.600. The van der Waals surface area contributed by atoms with E-state index in [-0.39, 0.29) is 5.82 Å². The summed E-state index contributed by atoms with van der Waals surface area (Å²) in [6.07, 6.45) is 3.66. The van der Waals surface area contributed by atoms with Gasteiger partial charge in [0, 0.05) is 24.3 Å². The van der Waals surface area contributed by atoms with Crippen molar-refractivity contribution in [2.75, 3.05) is 18.8 Å². The van der Waals surface area contributed by atoms with Crippen molar-refractivity contribution in [2.45, 2.75) is 39.7 Å².